The number of carbonyl (C=O) groups is 1. The summed E-state index contributed by atoms with van der Waals surface area (Å²) in [5, 5.41) is 7.29. The molecule has 0 radical (unpaired) electrons. The van der Waals surface area contributed by atoms with E-state index in [1.165, 1.54) is 23.4 Å². The molecular formula is C19H18FN5O2. The maximum absolute atomic E-state index is 14.7. The molecule has 7 nitrogen and oxygen atoms in total. The van der Waals surface area contributed by atoms with E-state index >= 15 is 0 Å². The van der Waals surface area contributed by atoms with Crippen molar-refractivity contribution in [3.63, 3.8) is 0 Å². The van der Waals surface area contributed by atoms with Crippen LogP contribution in [0.3, 0.4) is 0 Å². The Kier molecular flexibility index (Phi) is 4.55. The van der Waals surface area contributed by atoms with E-state index in [4.69, 9.17) is 4.74 Å². The van der Waals surface area contributed by atoms with E-state index in [-0.39, 0.29) is 5.91 Å². The fourth-order valence-electron chi connectivity index (χ4n) is 3.19. The highest BCUT2D eigenvalue weighted by Gasteiger charge is 2.32. The fraction of sp³-hybridized carbons (Fsp3) is 0.211. The van der Waals surface area contributed by atoms with Gasteiger partial charge in [0.15, 0.2) is 0 Å². The highest BCUT2D eigenvalue weighted by atomic mass is 19.1. The van der Waals surface area contributed by atoms with Gasteiger partial charge in [0.25, 0.3) is 5.91 Å². The lowest BCUT2D eigenvalue weighted by molar-refractivity contribution is 0.0609. The lowest BCUT2D eigenvalue weighted by Crippen LogP contribution is -2.44. The average molecular weight is 367 g/mol. The first-order chi connectivity index (χ1) is 13.2. The number of nitrogens with zero attached hydrogens (tertiary/aromatic N) is 4. The number of anilines is 1. The maximum atomic E-state index is 14.7. The molecule has 8 heteroatoms. The van der Waals surface area contributed by atoms with E-state index < -0.39 is 12.0 Å². The second-order valence-corrected chi connectivity index (χ2v) is 6.13. The van der Waals surface area contributed by atoms with Crippen LogP contribution in [0.2, 0.25) is 0 Å². The molecule has 0 spiro atoms. The SMILES string of the molecule is COCCN1C(=O)c2ccccc2N[C@H]1c1ccc(-n2cncn2)c(F)c1. The molecule has 1 aliphatic heterocycles. The van der Waals surface area contributed by atoms with Gasteiger partial charge in [-0.1, -0.05) is 18.2 Å². The fourth-order valence-corrected chi connectivity index (χ4v) is 3.19. The number of nitrogens with one attached hydrogen (secondary N) is 1. The van der Waals surface area contributed by atoms with E-state index in [1.807, 2.05) is 18.2 Å². The first kappa shape index (κ1) is 17.2. The monoisotopic (exact) mass is 367 g/mol. The molecule has 1 aromatic heterocycles. The Morgan fingerprint density at radius 2 is 2.11 bits per heavy atom. The third-order valence-electron chi connectivity index (χ3n) is 4.51. The Bertz CT molecular complexity index is 960. The quantitative estimate of drug-likeness (QED) is 0.751. The molecule has 0 fully saturated rings. The van der Waals surface area contributed by atoms with Crippen molar-refractivity contribution < 1.29 is 13.9 Å². The summed E-state index contributed by atoms with van der Waals surface area (Å²) in [5.41, 5.74) is 2.24. The molecule has 1 aliphatic rings. The second kappa shape index (κ2) is 7.16. The van der Waals surface area contributed by atoms with Crippen molar-refractivity contribution in [1.82, 2.24) is 19.7 Å². The third-order valence-corrected chi connectivity index (χ3v) is 4.51. The molecule has 27 heavy (non-hydrogen) atoms. The minimum atomic E-state index is -0.498. The van der Waals surface area contributed by atoms with Gasteiger partial charge in [-0.15, -0.1) is 0 Å². The van der Waals surface area contributed by atoms with Gasteiger partial charge in [0.1, 0.15) is 30.3 Å². The number of methoxy groups -OCH3 is 1. The van der Waals surface area contributed by atoms with Crippen LogP contribution in [0.25, 0.3) is 5.69 Å². The Morgan fingerprint density at radius 1 is 1.26 bits per heavy atom. The van der Waals surface area contributed by atoms with Crippen molar-refractivity contribution in [2.75, 3.05) is 25.6 Å². The summed E-state index contributed by atoms with van der Waals surface area (Å²) in [7, 11) is 1.58. The van der Waals surface area contributed by atoms with Crippen molar-refractivity contribution in [3.8, 4) is 5.69 Å². The van der Waals surface area contributed by atoms with Crippen LogP contribution in [0.15, 0.2) is 55.1 Å². The summed E-state index contributed by atoms with van der Waals surface area (Å²) in [6.07, 6.45) is 2.28. The zero-order chi connectivity index (χ0) is 18.8. The largest absolute Gasteiger partial charge is 0.383 e. The first-order valence-corrected chi connectivity index (χ1v) is 8.49. The number of rotatable bonds is 5. The standard InChI is InChI=1S/C19H18FN5O2/c1-27-9-8-24-18(23-16-5-3-2-4-14(16)19(24)26)13-6-7-17(15(20)10-13)25-12-21-11-22-25/h2-7,10-12,18,23H,8-9H2,1H3/t18-/m1/s1. The molecule has 3 aromatic rings. The number of fused-ring (bicyclic) bond motifs is 1. The van der Waals surface area contributed by atoms with Gasteiger partial charge in [0, 0.05) is 19.3 Å². The summed E-state index contributed by atoms with van der Waals surface area (Å²) in [6.45, 7) is 0.763. The van der Waals surface area contributed by atoms with Crippen molar-refractivity contribution >= 4 is 11.6 Å². The highest BCUT2D eigenvalue weighted by molar-refractivity contribution is 6.01. The number of halogens is 1. The zero-order valence-corrected chi connectivity index (χ0v) is 14.7. The predicted octanol–water partition coefficient (Wildman–Crippen LogP) is 2.62. The molecule has 2 aromatic carbocycles. The van der Waals surface area contributed by atoms with E-state index in [9.17, 15) is 9.18 Å². The third kappa shape index (κ3) is 3.15. The summed E-state index contributed by atoms with van der Waals surface area (Å²) in [4.78, 5) is 18.4. The average Bonchev–Trinajstić information content (AvgIpc) is 3.21. The number of amides is 1. The number of para-hydroxylation sites is 1. The van der Waals surface area contributed by atoms with Crippen LogP contribution in [-0.4, -0.2) is 45.8 Å². The molecule has 1 atom stereocenters. The van der Waals surface area contributed by atoms with Gasteiger partial charge in [-0.05, 0) is 29.8 Å². The van der Waals surface area contributed by atoms with Crippen molar-refractivity contribution in [1.29, 1.82) is 0 Å². The van der Waals surface area contributed by atoms with Gasteiger partial charge in [0.05, 0.1) is 12.2 Å². The molecule has 1 N–H and O–H groups in total. The topological polar surface area (TPSA) is 72.3 Å². The minimum Gasteiger partial charge on any atom is -0.383 e. The lowest BCUT2D eigenvalue weighted by atomic mass is 10.0. The van der Waals surface area contributed by atoms with Crippen LogP contribution in [0.5, 0.6) is 0 Å². The molecule has 0 aliphatic carbocycles. The van der Waals surface area contributed by atoms with Crippen LogP contribution in [0.1, 0.15) is 22.1 Å². The van der Waals surface area contributed by atoms with Gasteiger partial charge in [-0.3, -0.25) is 4.79 Å². The molecule has 0 saturated heterocycles. The van der Waals surface area contributed by atoms with E-state index in [0.717, 1.165) is 5.69 Å². The zero-order valence-electron chi connectivity index (χ0n) is 14.7. The number of hydrogen-bond acceptors (Lipinski definition) is 5. The molecule has 0 unspecified atom stereocenters. The molecule has 0 saturated carbocycles. The molecular weight excluding hydrogens is 349 g/mol. The van der Waals surface area contributed by atoms with Crippen LogP contribution in [0.4, 0.5) is 10.1 Å². The molecule has 1 amide bonds. The van der Waals surface area contributed by atoms with Crippen molar-refractivity contribution in [2.24, 2.45) is 0 Å². The Labute approximate surface area is 155 Å². The lowest BCUT2D eigenvalue weighted by Gasteiger charge is -2.38. The van der Waals surface area contributed by atoms with Crippen molar-refractivity contribution in [2.45, 2.75) is 6.17 Å². The minimum absolute atomic E-state index is 0.118. The summed E-state index contributed by atoms with van der Waals surface area (Å²) >= 11 is 0. The van der Waals surface area contributed by atoms with Gasteiger partial charge >= 0.3 is 0 Å². The van der Waals surface area contributed by atoms with E-state index in [0.29, 0.717) is 30.0 Å². The van der Waals surface area contributed by atoms with Crippen LogP contribution < -0.4 is 5.32 Å². The molecule has 138 valence electrons. The van der Waals surface area contributed by atoms with Crippen LogP contribution in [-0.2, 0) is 4.74 Å². The number of aromatic nitrogens is 3. The molecule has 0 bridgehead atoms. The van der Waals surface area contributed by atoms with E-state index in [2.05, 4.69) is 15.4 Å². The van der Waals surface area contributed by atoms with Gasteiger partial charge in [-0.25, -0.2) is 14.1 Å². The Hall–Kier alpha value is -3.26. The van der Waals surface area contributed by atoms with Crippen LogP contribution >= 0.6 is 0 Å². The van der Waals surface area contributed by atoms with Crippen LogP contribution in [0, 0.1) is 5.82 Å². The summed E-state index contributed by atoms with van der Waals surface area (Å²) < 4.78 is 21.2. The van der Waals surface area contributed by atoms with E-state index in [1.54, 1.807) is 30.2 Å². The predicted molar refractivity (Wildman–Crippen MR) is 97.0 cm³/mol. The normalized spacial score (nSPS) is 16.1. The Morgan fingerprint density at radius 3 is 2.85 bits per heavy atom. The highest BCUT2D eigenvalue weighted by Crippen LogP contribution is 2.33. The summed E-state index contributed by atoms with van der Waals surface area (Å²) in [5.74, 6) is -0.565. The molecule has 2 heterocycles. The van der Waals surface area contributed by atoms with Crippen molar-refractivity contribution in [3.05, 3.63) is 72.1 Å². The Balaban J connectivity index is 1.72. The molecule has 4 rings (SSSR count). The van der Waals surface area contributed by atoms with Gasteiger partial charge < -0.3 is 15.0 Å². The second-order valence-electron chi connectivity index (χ2n) is 6.13. The number of benzene rings is 2. The number of ether oxygens (including phenoxy) is 1. The first-order valence-electron chi connectivity index (χ1n) is 8.49. The van der Waals surface area contributed by atoms with Gasteiger partial charge in [0.2, 0.25) is 0 Å². The number of hydrogen-bond donors (Lipinski definition) is 1. The smallest absolute Gasteiger partial charge is 0.257 e. The maximum Gasteiger partial charge on any atom is 0.257 e. The van der Waals surface area contributed by atoms with Gasteiger partial charge in [-0.2, -0.15) is 5.10 Å². The number of carbonyl (C=O) groups excluding carboxylic acids is 1. The summed E-state index contributed by atoms with van der Waals surface area (Å²) in [6, 6.07) is 12.1.